The Bertz CT molecular complexity index is 1910. The van der Waals surface area contributed by atoms with Gasteiger partial charge in [0.05, 0.1) is 39.5 Å². The molecule has 5 rings (SSSR count). The van der Waals surface area contributed by atoms with E-state index in [0.717, 1.165) is 23.9 Å². The molecule has 0 aliphatic heterocycles. The van der Waals surface area contributed by atoms with Crippen LogP contribution < -0.4 is 15.4 Å². The lowest BCUT2D eigenvalue weighted by atomic mass is 10.1. The first-order valence-electron chi connectivity index (χ1n) is 14.3. The molecule has 1 fully saturated rings. The van der Waals surface area contributed by atoms with Gasteiger partial charge in [-0.25, -0.2) is 18.4 Å². The number of sulfone groups is 1. The maximum absolute atomic E-state index is 12.7. The molecule has 16 heteroatoms. The van der Waals surface area contributed by atoms with Gasteiger partial charge < -0.3 is 25.0 Å². The van der Waals surface area contributed by atoms with Crippen LogP contribution >= 0.6 is 11.6 Å². The van der Waals surface area contributed by atoms with E-state index in [1.807, 2.05) is 16.8 Å². The molecule has 1 amide bonds. The molecule has 2 aromatic heterocycles. The van der Waals surface area contributed by atoms with Crippen molar-refractivity contribution < 1.29 is 36.0 Å². The van der Waals surface area contributed by atoms with Crippen molar-refractivity contribution in [2.45, 2.75) is 50.2 Å². The molecule has 4 N–H and O–H groups in total. The number of amides is 1. The number of benzene rings is 2. The zero-order valence-electron chi connectivity index (χ0n) is 25.5. The zero-order valence-corrected chi connectivity index (χ0v) is 27.9. The molecule has 2 heterocycles. The van der Waals surface area contributed by atoms with Gasteiger partial charge >= 0.3 is 0 Å². The van der Waals surface area contributed by atoms with Gasteiger partial charge in [0.2, 0.25) is 5.91 Å². The molecule has 0 unspecified atom stereocenters. The molecule has 46 heavy (non-hydrogen) atoms. The minimum absolute atomic E-state index is 0.0146. The molecule has 4 aromatic rings. The molecule has 248 valence electrons. The van der Waals surface area contributed by atoms with Crippen molar-refractivity contribution in [1.29, 1.82) is 0 Å². The van der Waals surface area contributed by atoms with Crippen LogP contribution in [0.4, 0.5) is 11.5 Å². The quantitative estimate of drug-likeness (QED) is 0.152. The lowest BCUT2D eigenvalue weighted by Crippen LogP contribution is -2.33. The number of carbonyl (C=O) groups is 1. The Morgan fingerprint density at radius 2 is 1.83 bits per heavy atom. The molecule has 1 aliphatic rings. The Morgan fingerprint density at radius 3 is 2.48 bits per heavy atom. The Kier molecular flexibility index (Phi) is 10.9. The van der Waals surface area contributed by atoms with Crippen LogP contribution in [0.2, 0.25) is 5.02 Å². The number of aromatic nitrogens is 3. The maximum Gasteiger partial charge on any atom is 0.261 e. The number of nitrogens with one attached hydrogen (secondary N) is 2. The standard InChI is InChI=1S/C29H32ClN5O5S.CH4O3S/c1-29(2,37)16-26(36)31-11-13-35-12-10-24-27(35)28(33-18-32-24)34-20-8-9-25(23(30)14-20)40-21-4-3-5-22(15-21)41(38,39)17-19-6-7-19;1-5(2,3)4/h3-5,8-10,12,14-15,18-19,37H,6-7,11,13,16-17H2,1-2H3,(H,31,36)(H,32,33,34);1H3,(H,2,3,4). The second-order valence-corrected chi connectivity index (χ2v) is 15.5. The highest BCUT2D eigenvalue weighted by Crippen LogP contribution is 2.36. The molecule has 1 aliphatic carbocycles. The van der Waals surface area contributed by atoms with E-state index in [4.69, 9.17) is 20.9 Å². The summed E-state index contributed by atoms with van der Waals surface area (Å²) in [5, 5.41) is 16.3. The largest absolute Gasteiger partial charge is 0.456 e. The molecule has 2 aromatic carbocycles. The van der Waals surface area contributed by atoms with E-state index in [1.54, 1.807) is 50.2 Å². The minimum Gasteiger partial charge on any atom is -0.456 e. The zero-order chi connectivity index (χ0) is 33.7. The molecular weight excluding hydrogens is 658 g/mol. The van der Waals surface area contributed by atoms with Gasteiger partial charge in [0.1, 0.15) is 23.3 Å². The number of anilines is 2. The van der Waals surface area contributed by atoms with Crippen LogP contribution in [0.15, 0.2) is 66.0 Å². The number of fused-ring (bicyclic) bond motifs is 1. The summed E-state index contributed by atoms with van der Waals surface area (Å²) in [4.78, 5) is 21.1. The van der Waals surface area contributed by atoms with Gasteiger partial charge in [0.15, 0.2) is 15.7 Å². The van der Waals surface area contributed by atoms with Crippen molar-refractivity contribution in [3.63, 3.8) is 0 Å². The van der Waals surface area contributed by atoms with E-state index in [-0.39, 0.29) is 28.9 Å². The van der Waals surface area contributed by atoms with Crippen molar-refractivity contribution in [2.75, 3.05) is 23.9 Å². The number of aliphatic hydroxyl groups is 1. The predicted octanol–water partition coefficient (Wildman–Crippen LogP) is 4.59. The summed E-state index contributed by atoms with van der Waals surface area (Å²) >= 11 is 6.55. The van der Waals surface area contributed by atoms with Crippen molar-refractivity contribution in [3.05, 3.63) is 66.1 Å². The van der Waals surface area contributed by atoms with Crippen molar-refractivity contribution >= 4 is 60.0 Å². The second kappa shape index (κ2) is 14.3. The molecule has 0 atom stereocenters. The fourth-order valence-electron chi connectivity index (χ4n) is 4.43. The smallest absolute Gasteiger partial charge is 0.261 e. The van der Waals surface area contributed by atoms with Gasteiger partial charge in [0, 0.05) is 25.0 Å². The lowest BCUT2D eigenvalue weighted by molar-refractivity contribution is -0.124. The van der Waals surface area contributed by atoms with Crippen LogP contribution in [-0.2, 0) is 31.3 Å². The fourth-order valence-corrected chi connectivity index (χ4v) is 6.38. The third kappa shape index (κ3) is 10.9. The first-order chi connectivity index (χ1) is 21.5. The van der Waals surface area contributed by atoms with E-state index in [2.05, 4.69) is 20.6 Å². The molecule has 0 bridgehead atoms. The van der Waals surface area contributed by atoms with E-state index in [9.17, 15) is 26.7 Å². The number of hydrogen-bond donors (Lipinski definition) is 4. The SMILES string of the molecule is CC(C)(O)CC(=O)NCCn1ccc2ncnc(Nc3ccc(Oc4cccc(S(=O)(=O)CC5CC5)c4)c(Cl)c3)c21.CS(=O)(=O)O. The van der Waals surface area contributed by atoms with Crippen LogP contribution in [0.1, 0.15) is 33.1 Å². The predicted molar refractivity (Wildman–Crippen MR) is 175 cm³/mol. The molecule has 13 nitrogen and oxygen atoms in total. The van der Waals surface area contributed by atoms with E-state index >= 15 is 0 Å². The minimum atomic E-state index is -3.67. The Morgan fingerprint density at radius 1 is 1.11 bits per heavy atom. The van der Waals surface area contributed by atoms with E-state index in [0.29, 0.717) is 47.4 Å². The summed E-state index contributed by atoms with van der Waals surface area (Å²) in [7, 11) is -7.03. The molecule has 0 saturated heterocycles. The van der Waals surface area contributed by atoms with Crippen LogP contribution in [-0.4, -0.2) is 71.1 Å². The van der Waals surface area contributed by atoms with Gasteiger partial charge in [-0.1, -0.05) is 17.7 Å². The summed E-state index contributed by atoms with van der Waals surface area (Å²) in [6.07, 6.45) is 5.98. The van der Waals surface area contributed by atoms with Crippen molar-refractivity contribution in [3.8, 4) is 11.5 Å². The highest BCUT2D eigenvalue weighted by Gasteiger charge is 2.29. The van der Waals surface area contributed by atoms with Crippen LogP contribution in [0.3, 0.4) is 0 Å². The Labute approximate surface area is 272 Å². The number of nitrogens with zero attached hydrogens (tertiary/aromatic N) is 3. The Balaban J connectivity index is 0.000000892. The molecular formula is C30H36ClN5O8S2. The van der Waals surface area contributed by atoms with Gasteiger partial charge in [0.25, 0.3) is 10.1 Å². The third-order valence-corrected chi connectivity index (χ3v) is 8.74. The van der Waals surface area contributed by atoms with Crippen molar-refractivity contribution in [1.82, 2.24) is 19.9 Å². The average Bonchev–Trinajstić information content (AvgIpc) is 3.64. The second-order valence-electron chi connectivity index (χ2n) is 11.6. The van der Waals surface area contributed by atoms with Gasteiger partial charge in [-0.05, 0) is 75.1 Å². The monoisotopic (exact) mass is 693 g/mol. The van der Waals surface area contributed by atoms with Crippen molar-refractivity contribution in [2.24, 2.45) is 5.92 Å². The highest BCUT2D eigenvalue weighted by atomic mass is 35.5. The molecule has 1 saturated carbocycles. The summed E-state index contributed by atoms with van der Waals surface area (Å²) in [5.74, 6) is 1.51. The average molecular weight is 694 g/mol. The van der Waals surface area contributed by atoms with Gasteiger partial charge in [-0.15, -0.1) is 0 Å². The first-order valence-corrected chi connectivity index (χ1v) is 18.1. The maximum atomic E-state index is 12.7. The van der Waals surface area contributed by atoms with E-state index in [1.165, 1.54) is 12.4 Å². The number of halogens is 1. The van der Waals surface area contributed by atoms with E-state index < -0.39 is 25.6 Å². The summed E-state index contributed by atoms with van der Waals surface area (Å²) in [6.45, 7) is 4.03. The molecule has 0 radical (unpaired) electrons. The normalized spacial score (nSPS) is 13.5. The molecule has 0 spiro atoms. The topological polar surface area (TPSA) is 190 Å². The highest BCUT2D eigenvalue weighted by molar-refractivity contribution is 7.91. The van der Waals surface area contributed by atoms with Crippen LogP contribution in [0, 0.1) is 5.92 Å². The first kappa shape index (κ1) is 35.1. The van der Waals surface area contributed by atoms with Gasteiger partial charge in [-0.2, -0.15) is 8.42 Å². The number of ether oxygens (including phenoxy) is 1. The summed E-state index contributed by atoms with van der Waals surface area (Å²) in [5.41, 5.74) is 1.07. The van der Waals surface area contributed by atoms with Crippen LogP contribution in [0.25, 0.3) is 11.0 Å². The van der Waals surface area contributed by atoms with Crippen LogP contribution in [0.5, 0.6) is 11.5 Å². The Hall–Kier alpha value is -3.76. The lowest BCUT2D eigenvalue weighted by Gasteiger charge is -2.16. The summed E-state index contributed by atoms with van der Waals surface area (Å²) < 4.78 is 59.1. The number of rotatable bonds is 12. The third-order valence-electron chi connectivity index (χ3n) is 6.56. The summed E-state index contributed by atoms with van der Waals surface area (Å²) in [6, 6.07) is 13.5. The number of hydrogen-bond acceptors (Lipinski definition) is 10. The van der Waals surface area contributed by atoms with Gasteiger partial charge in [-0.3, -0.25) is 9.35 Å². The number of carbonyl (C=O) groups excluding carboxylic acids is 1. The fraction of sp³-hybridized carbons (Fsp3) is 0.367.